The van der Waals surface area contributed by atoms with Crippen molar-refractivity contribution in [1.82, 2.24) is 10.2 Å². The molecule has 1 aliphatic heterocycles. The monoisotopic (exact) mass is 248 g/mol. The van der Waals surface area contributed by atoms with E-state index in [4.69, 9.17) is 0 Å². The molecule has 18 heavy (non-hydrogen) atoms. The van der Waals surface area contributed by atoms with Gasteiger partial charge in [-0.25, -0.2) is 0 Å². The zero-order valence-corrected chi connectivity index (χ0v) is 11.6. The van der Waals surface area contributed by atoms with E-state index in [1.54, 1.807) is 12.1 Å². The Balaban J connectivity index is 2.19. The van der Waals surface area contributed by atoms with E-state index in [-0.39, 0.29) is 0 Å². The quantitative estimate of drug-likeness (QED) is 0.863. The fourth-order valence-corrected chi connectivity index (χ4v) is 2.84. The van der Waals surface area contributed by atoms with E-state index in [2.05, 4.69) is 31.0 Å². The van der Waals surface area contributed by atoms with Crippen LogP contribution in [0.15, 0.2) is 24.3 Å². The van der Waals surface area contributed by atoms with Gasteiger partial charge in [0.25, 0.3) is 0 Å². The van der Waals surface area contributed by atoms with E-state index in [1.165, 1.54) is 5.56 Å². The van der Waals surface area contributed by atoms with Gasteiger partial charge in [-0.1, -0.05) is 19.1 Å². The maximum absolute atomic E-state index is 9.39. The number of aromatic hydroxyl groups is 1. The summed E-state index contributed by atoms with van der Waals surface area (Å²) in [6.07, 6.45) is 1.10. The standard InChI is InChI=1S/C15H24N2O/c1-4-15(13-5-7-14(18)8-6-13)17-10-11(2)16-9-12(17)3/h5-8,11-12,15-16,18H,4,9-10H2,1-3H3. The molecule has 0 amide bonds. The van der Waals surface area contributed by atoms with Gasteiger partial charge in [-0.05, 0) is 38.0 Å². The molecule has 0 saturated carbocycles. The molecule has 1 aromatic rings. The highest BCUT2D eigenvalue weighted by atomic mass is 16.3. The summed E-state index contributed by atoms with van der Waals surface area (Å²) in [5.74, 6) is 0.343. The fraction of sp³-hybridized carbons (Fsp3) is 0.600. The van der Waals surface area contributed by atoms with Crippen LogP contribution < -0.4 is 5.32 Å². The van der Waals surface area contributed by atoms with E-state index in [9.17, 15) is 5.11 Å². The Morgan fingerprint density at radius 1 is 1.33 bits per heavy atom. The topological polar surface area (TPSA) is 35.5 Å². The zero-order chi connectivity index (χ0) is 13.1. The van der Waals surface area contributed by atoms with Gasteiger partial charge >= 0.3 is 0 Å². The molecule has 3 atom stereocenters. The number of nitrogens with one attached hydrogen (secondary N) is 1. The van der Waals surface area contributed by atoms with Gasteiger partial charge in [-0.15, -0.1) is 0 Å². The molecule has 3 nitrogen and oxygen atoms in total. The second-order valence-corrected chi connectivity index (χ2v) is 5.37. The fourth-order valence-electron chi connectivity index (χ4n) is 2.84. The Kier molecular flexibility index (Phi) is 4.25. The van der Waals surface area contributed by atoms with Gasteiger partial charge < -0.3 is 10.4 Å². The largest absolute Gasteiger partial charge is 0.508 e. The Morgan fingerprint density at radius 2 is 2.00 bits per heavy atom. The first-order valence-corrected chi connectivity index (χ1v) is 6.90. The van der Waals surface area contributed by atoms with E-state index < -0.39 is 0 Å². The van der Waals surface area contributed by atoms with Crippen LogP contribution in [0.1, 0.15) is 38.8 Å². The molecule has 2 rings (SSSR count). The summed E-state index contributed by atoms with van der Waals surface area (Å²) in [4.78, 5) is 2.58. The normalized spacial score (nSPS) is 27.1. The van der Waals surface area contributed by atoms with Crippen molar-refractivity contribution in [3.63, 3.8) is 0 Å². The third-order valence-electron chi connectivity index (χ3n) is 3.88. The lowest BCUT2D eigenvalue weighted by Gasteiger charge is -2.42. The van der Waals surface area contributed by atoms with Crippen LogP contribution in [0.2, 0.25) is 0 Å². The van der Waals surface area contributed by atoms with Crippen LogP contribution in [0, 0.1) is 0 Å². The maximum Gasteiger partial charge on any atom is 0.115 e. The molecule has 2 N–H and O–H groups in total. The first-order chi connectivity index (χ1) is 8.61. The number of hydrogen-bond donors (Lipinski definition) is 2. The third kappa shape index (κ3) is 2.85. The smallest absolute Gasteiger partial charge is 0.115 e. The summed E-state index contributed by atoms with van der Waals surface area (Å²) in [5.41, 5.74) is 1.30. The third-order valence-corrected chi connectivity index (χ3v) is 3.88. The molecule has 1 heterocycles. The predicted octanol–water partition coefficient (Wildman–Crippen LogP) is 2.53. The second kappa shape index (κ2) is 5.72. The van der Waals surface area contributed by atoms with Crippen molar-refractivity contribution in [2.24, 2.45) is 0 Å². The summed E-state index contributed by atoms with van der Waals surface area (Å²) in [7, 11) is 0. The first kappa shape index (κ1) is 13.4. The Hall–Kier alpha value is -1.06. The molecule has 3 unspecified atom stereocenters. The molecular formula is C15H24N2O. The minimum atomic E-state index is 0.343. The molecule has 0 aliphatic carbocycles. The van der Waals surface area contributed by atoms with Gasteiger partial charge in [-0.3, -0.25) is 4.90 Å². The van der Waals surface area contributed by atoms with E-state index >= 15 is 0 Å². The molecule has 3 heteroatoms. The van der Waals surface area contributed by atoms with Crippen LogP contribution in [0.3, 0.4) is 0 Å². The van der Waals surface area contributed by atoms with Crippen LogP contribution >= 0.6 is 0 Å². The number of hydrogen-bond acceptors (Lipinski definition) is 3. The molecule has 0 bridgehead atoms. The predicted molar refractivity (Wildman–Crippen MR) is 74.8 cm³/mol. The molecule has 1 aliphatic rings. The highest BCUT2D eigenvalue weighted by Crippen LogP contribution is 2.28. The summed E-state index contributed by atoms with van der Waals surface area (Å²) in [5, 5.41) is 12.9. The summed E-state index contributed by atoms with van der Waals surface area (Å²) in [6.45, 7) is 8.89. The van der Waals surface area contributed by atoms with Gasteiger partial charge in [0, 0.05) is 31.2 Å². The molecule has 0 spiro atoms. The van der Waals surface area contributed by atoms with E-state index in [0.717, 1.165) is 19.5 Å². The van der Waals surface area contributed by atoms with Crippen LogP contribution in [0.5, 0.6) is 5.75 Å². The van der Waals surface area contributed by atoms with Crippen molar-refractivity contribution in [3.05, 3.63) is 29.8 Å². The minimum Gasteiger partial charge on any atom is -0.508 e. The van der Waals surface area contributed by atoms with Crippen molar-refractivity contribution < 1.29 is 5.11 Å². The number of phenols is 1. The van der Waals surface area contributed by atoms with Crippen LogP contribution in [-0.4, -0.2) is 35.2 Å². The van der Waals surface area contributed by atoms with Crippen molar-refractivity contribution in [2.75, 3.05) is 13.1 Å². The number of phenolic OH excluding ortho intramolecular Hbond substituents is 1. The first-order valence-electron chi connectivity index (χ1n) is 6.90. The Bertz CT molecular complexity index is 377. The number of piperazine rings is 1. The lowest BCUT2D eigenvalue weighted by atomic mass is 9.98. The minimum absolute atomic E-state index is 0.343. The Morgan fingerprint density at radius 3 is 2.61 bits per heavy atom. The lowest BCUT2D eigenvalue weighted by Crippen LogP contribution is -2.55. The maximum atomic E-state index is 9.39. The van der Waals surface area contributed by atoms with Crippen molar-refractivity contribution in [2.45, 2.75) is 45.3 Å². The molecule has 0 aromatic heterocycles. The van der Waals surface area contributed by atoms with Crippen molar-refractivity contribution >= 4 is 0 Å². The summed E-state index contributed by atoms with van der Waals surface area (Å²) in [6, 6.07) is 9.21. The van der Waals surface area contributed by atoms with Gasteiger partial charge in [0.2, 0.25) is 0 Å². The average molecular weight is 248 g/mol. The summed E-state index contributed by atoms with van der Waals surface area (Å²) < 4.78 is 0. The van der Waals surface area contributed by atoms with Gasteiger partial charge in [0.05, 0.1) is 0 Å². The molecular weight excluding hydrogens is 224 g/mol. The highest BCUT2D eigenvalue weighted by molar-refractivity contribution is 5.28. The number of benzene rings is 1. The second-order valence-electron chi connectivity index (χ2n) is 5.37. The Labute approximate surface area is 110 Å². The number of nitrogens with zero attached hydrogens (tertiary/aromatic N) is 1. The average Bonchev–Trinajstić information content (AvgIpc) is 2.37. The molecule has 0 radical (unpaired) electrons. The molecule has 1 aromatic carbocycles. The van der Waals surface area contributed by atoms with Crippen LogP contribution in [-0.2, 0) is 0 Å². The van der Waals surface area contributed by atoms with Gasteiger partial charge in [-0.2, -0.15) is 0 Å². The zero-order valence-electron chi connectivity index (χ0n) is 11.6. The highest BCUT2D eigenvalue weighted by Gasteiger charge is 2.28. The van der Waals surface area contributed by atoms with Crippen molar-refractivity contribution in [3.8, 4) is 5.75 Å². The summed E-state index contributed by atoms with van der Waals surface area (Å²) >= 11 is 0. The van der Waals surface area contributed by atoms with Crippen LogP contribution in [0.4, 0.5) is 0 Å². The SMILES string of the molecule is CCC(c1ccc(O)cc1)N1CC(C)NCC1C. The van der Waals surface area contributed by atoms with Crippen molar-refractivity contribution in [1.29, 1.82) is 0 Å². The van der Waals surface area contributed by atoms with E-state index in [0.29, 0.717) is 23.9 Å². The number of rotatable bonds is 3. The molecule has 1 fully saturated rings. The lowest BCUT2D eigenvalue weighted by molar-refractivity contribution is 0.0921. The van der Waals surface area contributed by atoms with E-state index in [1.807, 2.05) is 12.1 Å². The van der Waals surface area contributed by atoms with Gasteiger partial charge in [0.15, 0.2) is 0 Å². The van der Waals surface area contributed by atoms with Crippen LogP contribution in [0.25, 0.3) is 0 Å². The van der Waals surface area contributed by atoms with Gasteiger partial charge in [0.1, 0.15) is 5.75 Å². The molecule has 1 saturated heterocycles. The molecule has 100 valence electrons.